The van der Waals surface area contributed by atoms with Crippen LogP contribution in [0.2, 0.25) is 0 Å². The molecule has 0 spiro atoms. The number of para-hydroxylation sites is 2. The van der Waals surface area contributed by atoms with Gasteiger partial charge in [0.1, 0.15) is 12.4 Å². The summed E-state index contributed by atoms with van der Waals surface area (Å²) in [7, 11) is 3.51. The Labute approximate surface area is 147 Å². The van der Waals surface area contributed by atoms with E-state index in [4.69, 9.17) is 14.2 Å². The predicted molar refractivity (Wildman–Crippen MR) is 94.3 cm³/mol. The van der Waals surface area contributed by atoms with Crippen LogP contribution in [0.3, 0.4) is 0 Å². The van der Waals surface area contributed by atoms with Crippen molar-refractivity contribution in [3.63, 3.8) is 0 Å². The van der Waals surface area contributed by atoms with Crippen LogP contribution in [-0.4, -0.2) is 30.3 Å². The molecule has 7 heteroatoms. The number of thiazole rings is 1. The summed E-state index contributed by atoms with van der Waals surface area (Å²) in [5, 5.41) is 0. The largest absolute Gasteiger partial charge is 0.497 e. The van der Waals surface area contributed by atoms with Crippen LogP contribution in [0.15, 0.2) is 47.5 Å². The monoisotopic (exact) mass is 356 g/mol. The molecule has 3 aromatic rings. The van der Waals surface area contributed by atoms with Gasteiger partial charge in [0.05, 0.1) is 17.3 Å². The highest BCUT2D eigenvalue weighted by Crippen LogP contribution is 2.31. The minimum Gasteiger partial charge on any atom is -0.497 e. The Morgan fingerprint density at radius 3 is 2.88 bits per heavy atom. The third-order valence-corrected chi connectivity index (χ3v) is 5.10. The van der Waals surface area contributed by atoms with Crippen LogP contribution in [0, 0.1) is 0 Å². The standard InChI is InChI=1S/C18H16N2O4S/c1-20-12-8-7-11(22-2)9-16(12)25-18(20)19-17(21)15-10-23-13-5-3-4-6-14(13)24-15/h3-9,15H,10H2,1-2H3/t15-/m0/s1. The van der Waals surface area contributed by atoms with E-state index < -0.39 is 6.10 Å². The molecule has 1 amide bonds. The molecule has 0 N–H and O–H groups in total. The van der Waals surface area contributed by atoms with Crippen LogP contribution in [0.1, 0.15) is 0 Å². The van der Waals surface area contributed by atoms with E-state index in [2.05, 4.69) is 4.99 Å². The Bertz CT molecular complexity index is 1020. The molecule has 4 rings (SSSR count). The molecule has 0 radical (unpaired) electrons. The van der Waals surface area contributed by atoms with Crippen LogP contribution in [0.4, 0.5) is 0 Å². The van der Waals surface area contributed by atoms with Crippen LogP contribution in [-0.2, 0) is 11.8 Å². The maximum atomic E-state index is 12.5. The maximum Gasteiger partial charge on any atom is 0.292 e. The summed E-state index contributed by atoms with van der Waals surface area (Å²) < 4.78 is 19.4. The predicted octanol–water partition coefficient (Wildman–Crippen LogP) is 2.52. The van der Waals surface area contributed by atoms with Gasteiger partial charge in [-0.2, -0.15) is 4.99 Å². The third-order valence-electron chi connectivity index (χ3n) is 4.01. The Morgan fingerprint density at radius 2 is 2.08 bits per heavy atom. The van der Waals surface area contributed by atoms with Crippen molar-refractivity contribution in [1.29, 1.82) is 0 Å². The van der Waals surface area contributed by atoms with Gasteiger partial charge >= 0.3 is 0 Å². The van der Waals surface area contributed by atoms with Gasteiger partial charge in [0, 0.05) is 7.05 Å². The Kier molecular flexibility index (Phi) is 3.93. The molecule has 2 heterocycles. The number of ether oxygens (including phenoxy) is 3. The Morgan fingerprint density at radius 1 is 1.28 bits per heavy atom. The van der Waals surface area contributed by atoms with Crippen molar-refractivity contribution in [2.75, 3.05) is 13.7 Å². The Balaban J connectivity index is 1.66. The van der Waals surface area contributed by atoms with Gasteiger partial charge in [-0.25, -0.2) is 0 Å². The smallest absolute Gasteiger partial charge is 0.292 e. The number of carbonyl (C=O) groups is 1. The van der Waals surface area contributed by atoms with Crippen molar-refractivity contribution in [1.82, 2.24) is 4.57 Å². The lowest BCUT2D eigenvalue weighted by Crippen LogP contribution is -2.36. The van der Waals surface area contributed by atoms with E-state index >= 15 is 0 Å². The first-order valence-electron chi connectivity index (χ1n) is 7.76. The van der Waals surface area contributed by atoms with Gasteiger partial charge in [0.25, 0.3) is 5.91 Å². The zero-order valence-corrected chi connectivity index (χ0v) is 14.6. The average molecular weight is 356 g/mol. The minimum atomic E-state index is -0.741. The summed E-state index contributed by atoms with van der Waals surface area (Å²) in [6.45, 7) is 0.155. The molecule has 0 aliphatic carbocycles. The van der Waals surface area contributed by atoms with Crippen molar-refractivity contribution < 1.29 is 19.0 Å². The highest BCUT2D eigenvalue weighted by atomic mass is 32.1. The van der Waals surface area contributed by atoms with E-state index in [1.54, 1.807) is 13.2 Å². The topological polar surface area (TPSA) is 62.1 Å². The van der Waals surface area contributed by atoms with Crippen molar-refractivity contribution in [3.05, 3.63) is 47.3 Å². The van der Waals surface area contributed by atoms with E-state index in [0.29, 0.717) is 16.3 Å². The number of amides is 1. The number of carbonyl (C=O) groups excluding carboxylic acids is 1. The molecule has 6 nitrogen and oxygen atoms in total. The maximum absolute atomic E-state index is 12.5. The highest BCUT2D eigenvalue weighted by molar-refractivity contribution is 7.16. The van der Waals surface area contributed by atoms with Gasteiger partial charge in [-0.3, -0.25) is 4.79 Å². The molecule has 1 aliphatic heterocycles. The van der Waals surface area contributed by atoms with Crippen LogP contribution < -0.4 is 19.0 Å². The molecule has 0 bridgehead atoms. The lowest BCUT2D eigenvalue weighted by Gasteiger charge is -2.23. The van der Waals surface area contributed by atoms with E-state index in [9.17, 15) is 4.79 Å². The van der Waals surface area contributed by atoms with E-state index in [1.165, 1.54) is 11.3 Å². The number of hydrogen-bond acceptors (Lipinski definition) is 5. The summed E-state index contributed by atoms with van der Waals surface area (Å²) in [5.74, 6) is 1.62. The fourth-order valence-electron chi connectivity index (χ4n) is 2.66. The zero-order valence-electron chi connectivity index (χ0n) is 13.8. The molecule has 0 saturated heterocycles. The number of rotatable bonds is 2. The fourth-order valence-corrected chi connectivity index (χ4v) is 3.71. The first kappa shape index (κ1) is 15.7. The molecule has 0 fully saturated rings. The Hall–Kier alpha value is -2.80. The number of benzene rings is 2. The normalized spacial score (nSPS) is 16.9. The summed E-state index contributed by atoms with van der Waals surface area (Å²) in [5.41, 5.74) is 0.989. The average Bonchev–Trinajstić information content (AvgIpc) is 2.96. The molecular weight excluding hydrogens is 340 g/mol. The second-order valence-corrected chi connectivity index (χ2v) is 6.60. The number of fused-ring (bicyclic) bond motifs is 2. The number of aromatic nitrogens is 1. The van der Waals surface area contributed by atoms with Crippen molar-refractivity contribution in [2.24, 2.45) is 12.0 Å². The highest BCUT2D eigenvalue weighted by Gasteiger charge is 2.27. The number of nitrogens with zero attached hydrogens (tertiary/aromatic N) is 2. The molecule has 128 valence electrons. The lowest BCUT2D eigenvalue weighted by molar-refractivity contribution is -0.127. The van der Waals surface area contributed by atoms with E-state index in [0.717, 1.165) is 16.0 Å². The molecule has 0 saturated carbocycles. The van der Waals surface area contributed by atoms with E-state index in [-0.39, 0.29) is 12.5 Å². The molecule has 1 aliphatic rings. The number of hydrogen-bond donors (Lipinski definition) is 0. The lowest BCUT2D eigenvalue weighted by atomic mass is 10.2. The molecule has 0 unspecified atom stereocenters. The second-order valence-electron chi connectivity index (χ2n) is 5.59. The fraction of sp³-hybridized carbons (Fsp3) is 0.222. The summed E-state index contributed by atoms with van der Waals surface area (Å²) in [4.78, 5) is 17.4. The molecule has 1 aromatic heterocycles. The van der Waals surface area contributed by atoms with E-state index in [1.807, 2.05) is 48.0 Å². The second kappa shape index (κ2) is 6.25. The third kappa shape index (κ3) is 2.87. The van der Waals surface area contributed by atoms with Crippen LogP contribution >= 0.6 is 11.3 Å². The first-order valence-corrected chi connectivity index (χ1v) is 8.58. The van der Waals surface area contributed by atoms with Gasteiger partial charge in [-0.1, -0.05) is 23.5 Å². The van der Waals surface area contributed by atoms with Gasteiger partial charge < -0.3 is 18.8 Å². The molecule has 2 aromatic carbocycles. The first-order chi connectivity index (χ1) is 12.2. The molecule has 1 atom stereocenters. The zero-order chi connectivity index (χ0) is 17.4. The van der Waals surface area contributed by atoms with Crippen molar-refractivity contribution in [2.45, 2.75) is 6.10 Å². The summed E-state index contributed by atoms with van der Waals surface area (Å²) in [6.07, 6.45) is -0.741. The quantitative estimate of drug-likeness (QED) is 0.708. The molecule has 25 heavy (non-hydrogen) atoms. The number of methoxy groups -OCH3 is 1. The summed E-state index contributed by atoms with van der Waals surface area (Å²) in [6, 6.07) is 13.1. The van der Waals surface area contributed by atoms with Crippen molar-refractivity contribution >= 4 is 27.5 Å². The van der Waals surface area contributed by atoms with Gasteiger partial charge in [-0.15, -0.1) is 0 Å². The van der Waals surface area contributed by atoms with Crippen molar-refractivity contribution in [3.8, 4) is 17.2 Å². The molecular formula is C18H16N2O4S. The van der Waals surface area contributed by atoms with Gasteiger partial charge in [0.2, 0.25) is 6.10 Å². The van der Waals surface area contributed by atoms with Crippen LogP contribution in [0.5, 0.6) is 17.2 Å². The minimum absolute atomic E-state index is 0.155. The van der Waals surface area contributed by atoms with Gasteiger partial charge in [-0.05, 0) is 30.3 Å². The van der Waals surface area contributed by atoms with Gasteiger partial charge in [0.15, 0.2) is 16.3 Å². The number of aryl methyl sites for hydroxylation is 1. The SMILES string of the molecule is COc1ccc2c(c1)sc(=NC(=O)[C@@H]1COc3ccccc3O1)n2C. The summed E-state index contributed by atoms with van der Waals surface area (Å²) >= 11 is 1.43. The van der Waals surface area contributed by atoms with Crippen LogP contribution in [0.25, 0.3) is 10.2 Å².